The van der Waals surface area contributed by atoms with Crippen LogP contribution in [0, 0.1) is 19.7 Å². The van der Waals surface area contributed by atoms with Gasteiger partial charge in [-0.15, -0.1) is 0 Å². The van der Waals surface area contributed by atoms with Gasteiger partial charge in [-0.05, 0) is 61.4 Å². The zero-order valence-electron chi connectivity index (χ0n) is 16.9. The summed E-state index contributed by atoms with van der Waals surface area (Å²) in [6.45, 7) is 8.42. The van der Waals surface area contributed by atoms with Gasteiger partial charge in [-0.3, -0.25) is 14.5 Å². The Hall–Kier alpha value is -2.93. The van der Waals surface area contributed by atoms with Crippen LogP contribution in [0.1, 0.15) is 11.1 Å². The second-order valence-corrected chi connectivity index (χ2v) is 7.31. The fraction of sp³-hybridized carbons (Fsp3) is 0.364. The Morgan fingerprint density at radius 3 is 2.28 bits per heavy atom. The van der Waals surface area contributed by atoms with E-state index in [0.717, 1.165) is 43.0 Å². The van der Waals surface area contributed by atoms with Crippen LogP contribution in [0.15, 0.2) is 42.5 Å². The highest BCUT2D eigenvalue weighted by molar-refractivity contribution is 6.39. The van der Waals surface area contributed by atoms with Gasteiger partial charge >= 0.3 is 11.8 Å². The Morgan fingerprint density at radius 1 is 0.931 bits per heavy atom. The van der Waals surface area contributed by atoms with Crippen molar-refractivity contribution in [2.24, 2.45) is 0 Å². The Kier molecular flexibility index (Phi) is 6.82. The van der Waals surface area contributed by atoms with Crippen molar-refractivity contribution in [2.45, 2.75) is 13.8 Å². The summed E-state index contributed by atoms with van der Waals surface area (Å²) in [6, 6.07) is 12.1. The minimum Gasteiger partial charge on any atom is -0.369 e. The van der Waals surface area contributed by atoms with Crippen LogP contribution in [-0.4, -0.2) is 56.0 Å². The first-order chi connectivity index (χ1) is 13.9. The number of carbonyl (C=O) groups is 2. The number of benzene rings is 2. The maximum Gasteiger partial charge on any atom is 0.313 e. The molecule has 0 spiro atoms. The van der Waals surface area contributed by atoms with E-state index >= 15 is 0 Å². The van der Waals surface area contributed by atoms with E-state index in [-0.39, 0.29) is 5.82 Å². The molecule has 2 N–H and O–H groups in total. The first kappa shape index (κ1) is 20.8. The SMILES string of the molecule is Cc1ccc(NC(=O)C(=O)NCCN2CCN(c3ccc(F)cc3)CC2)cc1C. The molecule has 1 heterocycles. The monoisotopic (exact) mass is 398 g/mol. The quantitative estimate of drug-likeness (QED) is 0.759. The van der Waals surface area contributed by atoms with Crippen molar-refractivity contribution in [3.63, 3.8) is 0 Å². The summed E-state index contributed by atoms with van der Waals surface area (Å²) in [7, 11) is 0. The number of hydrogen-bond acceptors (Lipinski definition) is 4. The Balaban J connectivity index is 1.37. The molecule has 2 aromatic carbocycles. The third-order valence-corrected chi connectivity index (χ3v) is 5.25. The molecular formula is C22H27FN4O2. The number of hydrogen-bond donors (Lipinski definition) is 2. The summed E-state index contributed by atoms with van der Waals surface area (Å²) >= 11 is 0. The van der Waals surface area contributed by atoms with Crippen molar-refractivity contribution in [3.05, 3.63) is 59.4 Å². The van der Waals surface area contributed by atoms with Crippen LogP contribution in [0.3, 0.4) is 0 Å². The third kappa shape index (κ3) is 5.77. The molecule has 0 atom stereocenters. The van der Waals surface area contributed by atoms with Crippen LogP contribution in [0.4, 0.5) is 15.8 Å². The number of piperazine rings is 1. The van der Waals surface area contributed by atoms with E-state index in [1.54, 1.807) is 18.2 Å². The predicted octanol–water partition coefficient (Wildman–Crippen LogP) is 2.32. The van der Waals surface area contributed by atoms with Crippen LogP contribution < -0.4 is 15.5 Å². The molecule has 0 aliphatic carbocycles. The van der Waals surface area contributed by atoms with Gasteiger partial charge in [-0.2, -0.15) is 0 Å². The van der Waals surface area contributed by atoms with Crippen molar-refractivity contribution in [1.82, 2.24) is 10.2 Å². The Bertz CT molecular complexity index is 862. The van der Waals surface area contributed by atoms with Crippen LogP contribution >= 0.6 is 0 Å². The molecule has 0 saturated carbocycles. The van der Waals surface area contributed by atoms with Gasteiger partial charge in [-0.1, -0.05) is 6.07 Å². The number of anilines is 2. The van der Waals surface area contributed by atoms with E-state index in [2.05, 4.69) is 20.4 Å². The highest BCUT2D eigenvalue weighted by atomic mass is 19.1. The first-order valence-electron chi connectivity index (χ1n) is 9.81. The van der Waals surface area contributed by atoms with Crippen LogP contribution in [0.2, 0.25) is 0 Å². The number of nitrogens with one attached hydrogen (secondary N) is 2. The predicted molar refractivity (Wildman–Crippen MR) is 113 cm³/mol. The lowest BCUT2D eigenvalue weighted by atomic mass is 10.1. The number of rotatable bonds is 5. The molecule has 0 radical (unpaired) electrons. The molecule has 0 bridgehead atoms. The lowest BCUT2D eigenvalue weighted by Gasteiger charge is -2.36. The third-order valence-electron chi connectivity index (χ3n) is 5.25. The molecule has 2 amide bonds. The minimum atomic E-state index is -0.658. The van der Waals surface area contributed by atoms with Crippen molar-refractivity contribution < 1.29 is 14.0 Å². The molecule has 1 saturated heterocycles. The standard InChI is InChI=1S/C22H27FN4O2/c1-16-3-6-19(15-17(16)2)25-22(29)21(28)24-9-10-26-11-13-27(14-12-26)20-7-4-18(23)5-8-20/h3-8,15H,9-14H2,1-2H3,(H,24,28)(H,25,29). The molecule has 6 nitrogen and oxygen atoms in total. The second kappa shape index (κ2) is 9.52. The van der Waals surface area contributed by atoms with E-state index < -0.39 is 11.8 Å². The molecule has 7 heteroatoms. The van der Waals surface area contributed by atoms with E-state index in [4.69, 9.17) is 0 Å². The Morgan fingerprint density at radius 2 is 1.62 bits per heavy atom. The summed E-state index contributed by atoms with van der Waals surface area (Å²) in [5.41, 5.74) is 3.82. The number of halogens is 1. The van der Waals surface area contributed by atoms with Crippen molar-refractivity contribution in [1.29, 1.82) is 0 Å². The smallest absolute Gasteiger partial charge is 0.313 e. The molecule has 0 aromatic heterocycles. The highest BCUT2D eigenvalue weighted by Crippen LogP contribution is 2.17. The van der Waals surface area contributed by atoms with Gasteiger partial charge in [0, 0.05) is 50.6 Å². The zero-order valence-corrected chi connectivity index (χ0v) is 16.9. The molecule has 2 aromatic rings. The van der Waals surface area contributed by atoms with E-state index in [1.807, 2.05) is 26.0 Å². The topological polar surface area (TPSA) is 64.7 Å². The van der Waals surface area contributed by atoms with Crippen molar-refractivity contribution in [2.75, 3.05) is 49.5 Å². The van der Waals surface area contributed by atoms with Crippen LogP contribution in [0.25, 0.3) is 0 Å². The van der Waals surface area contributed by atoms with E-state index in [0.29, 0.717) is 18.8 Å². The van der Waals surface area contributed by atoms with Gasteiger partial charge in [0.15, 0.2) is 0 Å². The van der Waals surface area contributed by atoms with E-state index in [1.165, 1.54) is 12.1 Å². The fourth-order valence-electron chi connectivity index (χ4n) is 3.30. The number of carbonyl (C=O) groups excluding carboxylic acids is 2. The van der Waals surface area contributed by atoms with Gasteiger partial charge < -0.3 is 15.5 Å². The molecule has 29 heavy (non-hydrogen) atoms. The molecule has 1 fully saturated rings. The highest BCUT2D eigenvalue weighted by Gasteiger charge is 2.18. The minimum absolute atomic E-state index is 0.232. The largest absolute Gasteiger partial charge is 0.369 e. The average molecular weight is 398 g/mol. The second-order valence-electron chi connectivity index (χ2n) is 7.31. The first-order valence-corrected chi connectivity index (χ1v) is 9.81. The van der Waals surface area contributed by atoms with E-state index in [9.17, 15) is 14.0 Å². The lowest BCUT2D eigenvalue weighted by molar-refractivity contribution is -0.136. The Labute approximate surface area is 170 Å². The normalized spacial score (nSPS) is 14.5. The molecule has 0 unspecified atom stereocenters. The number of nitrogens with zero attached hydrogens (tertiary/aromatic N) is 2. The summed E-state index contributed by atoms with van der Waals surface area (Å²) in [5.74, 6) is -1.52. The summed E-state index contributed by atoms with van der Waals surface area (Å²) in [5, 5.41) is 5.31. The summed E-state index contributed by atoms with van der Waals surface area (Å²) < 4.78 is 13.0. The average Bonchev–Trinajstić information content (AvgIpc) is 2.72. The van der Waals surface area contributed by atoms with Gasteiger partial charge in [-0.25, -0.2) is 4.39 Å². The number of aryl methyl sites for hydroxylation is 2. The maximum atomic E-state index is 13.0. The summed E-state index contributed by atoms with van der Waals surface area (Å²) in [4.78, 5) is 28.5. The van der Waals surface area contributed by atoms with Crippen LogP contribution in [-0.2, 0) is 9.59 Å². The van der Waals surface area contributed by atoms with Crippen molar-refractivity contribution >= 4 is 23.2 Å². The van der Waals surface area contributed by atoms with Gasteiger partial charge in [0.2, 0.25) is 0 Å². The zero-order chi connectivity index (χ0) is 20.8. The van der Waals surface area contributed by atoms with Gasteiger partial charge in [0.1, 0.15) is 5.82 Å². The van der Waals surface area contributed by atoms with Gasteiger partial charge in [0.25, 0.3) is 0 Å². The number of amides is 2. The fourth-order valence-corrected chi connectivity index (χ4v) is 3.30. The molecule has 154 valence electrons. The van der Waals surface area contributed by atoms with Crippen LogP contribution in [0.5, 0.6) is 0 Å². The van der Waals surface area contributed by atoms with Gasteiger partial charge in [0.05, 0.1) is 0 Å². The molecule has 1 aliphatic rings. The molecule has 1 aliphatic heterocycles. The molecule has 3 rings (SSSR count). The summed E-state index contributed by atoms with van der Waals surface area (Å²) in [6.07, 6.45) is 0. The van der Waals surface area contributed by atoms with Crippen molar-refractivity contribution in [3.8, 4) is 0 Å². The molecular weight excluding hydrogens is 371 g/mol. The lowest BCUT2D eigenvalue weighted by Crippen LogP contribution is -2.49. The maximum absolute atomic E-state index is 13.0.